The summed E-state index contributed by atoms with van der Waals surface area (Å²) in [4.78, 5) is 23.6. The van der Waals surface area contributed by atoms with Crippen LogP contribution in [0.4, 0.5) is 0 Å². The van der Waals surface area contributed by atoms with E-state index in [1.165, 1.54) is 17.8 Å². The van der Waals surface area contributed by atoms with Crippen molar-refractivity contribution in [3.05, 3.63) is 47.2 Å². The van der Waals surface area contributed by atoms with Crippen LogP contribution in [0.5, 0.6) is 0 Å². The molecule has 0 aliphatic rings. The van der Waals surface area contributed by atoms with Crippen LogP contribution < -0.4 is 5.32 Å². The molecule has 0 aliphatic heterocycles. The lowest BCUT2D eigenvalue weighted by molar-refractivity contribution is -0.121. The molecule has 0 bridgehead atoms. The normalized spacial score (nSPS) is 11.5. The smallest absolute Gasteiger partial charge is 0.245 e. The van der Waals surface area contributed by atoms with Crippen molar-refractivity contribution in [3.63, 3.8) is 0 Å². The first kappa shape index (κ1) is 14.8. The van der Waals surface area contributed by atoms with Crippen molar-refractivity contribution in [2.75, 3.05) is 7.05 Å². The highest BCUT2D eigenvalue weighted by atomic mass is 35.5. The average molecular weight is 303 g/mol. The molecule has 6 nitrogen and oxygen atoms in total. The van der Waals surface area contributed by atoms with Crippen LogP contribution in [-0.4, -0.2) is 28.5 Å². The molecule has 106 valence electrons. The lowest BCUT2D eigenvalue weighted by Crippen LogP contribution is -2.32. The zero-order valence-corrected chi connectivity index (χ0v) is 11.8. The van der Waals surface area contributed by atoms with E-state index in [1.807, 2.05) is 0 Å². The van der Waals surface area contributed by atoms with Crippen LogP contribution in [-0.2, 0) is 4.79 Å². The Kier molecular flexibility index (Phi) is 4.36. The number of nitriles is 1. The lowest BCUT2D eigenvalue weighted by Gasteiger charge is -2.05. The zero-order chi connectivity index (χ0) is 15.4. The van der Waals surface area contributed by atoms with Crippen LogP contribution in [0.15, 0.2) is 36.5 Å². The summed E-state index contributed by atoms with van der Waals surface area (Å²) in [5.41, 5.74) is 0.636. The number of nitrogens with zero attached hydrogens (tertiary/aromatic N) is 3. The summed E-state index contributed by atoms with van der Waals surface area (Å²) in [6.07, 6.45) is 1.55. The van der Waals surface area contributed by atoms with Gasteiger partial charge >= 0.3 is 0 Å². The minimum absolute atomic E-state index is 0.0325. The summed E-state index contributed by atoms with van der Waals surface area (Å²) < 4.78 is 1.42. The molecule has 1 atom stereocenters. The number of aromatic nitrogens is 2. The van der Waals surface area contributed by atoms with Gasteiger partial charge in [0, 0.05) is 13.2 Å². The van der Waals surface area contributed by atoms with E-state index < -0.39 is 17.6 Å². The highest BCUT2D eigenvalue weighted by Crippen LogP contribution is 2.19. The summed E-state index contributed by atoms with van der Waals surface area (Å²) >= 11 is 6.05. The summed E-state index contributed by atoms with van der Waals surface area (Å²) in [6, 6.07) is 10.1. The quantitative estimate of drug-likeness (QED) is 0.686. The Hall–Kier alpha value is -2.65. The number of hydrogen-bond acceptors (Lipinski definition) is 4. The molecular weight excluding hydrogens is 292 g/mol. The van der Waals surface area contributed by atoms with Crippen molar-refractivity contribution < 1.29 is 9.59 Å². The molecule has 1 aromatic carbocycles. The molecule has 0 saturated carbocycles. The first-order chi connectivity index (χ1) is 10.1. The van der Waals surface area contributed by atoms with Gasteiger partial charge in [-0.05, 0) is 18.2 Å². The van der Waals surface area contributed by atoms with Crippen molar-refractivity contribution in [1.82, 2.24) is 15.1 Å². The summed E-state index contributed by atoms with van der Waals surface area (Å²) in [6.45, 7) is 0. The van der Waals surface area contributed by atoms with Gasteiger partial charge in [-0.3, -0.25) is 9.59 Å². The number of carbonyl (C=O) groups excluding carboxylic acids is 2. The first-order valence-electron chi connectivity index (χ1n) is 6.04. The molecule has 1 amide bonds. The maximum atomic E-state index is 12.1. The molecule has 0 saturated heterocycles. The van der Waals surface area contributed by atoms with Gasteiger partial charge in [-0.2, -0.15) is 10.4 Å². The topological polar surface area (TPSA) is 87.8 Å². The average Bonchev–Trinajstić information content (AvgIpc) is 2.97. The van der Waals surface area contributed by atoms with Gasteiger partial charge in [-0.1, -0.05) is 23.7 Å². The number of carbonyl (C=O) groups is 2. The van der Waals surface area contributed by atoms with Crippen molar-refractivity contribution in [3.8, 4) is 11.8 Å². The molecule has 0 aliphatic carbocycles. The number of benzene rings is 1. The molecule has 21 heavy (non-hydrogen) atoms. The van der Waals surface area contributed by atoms with Gasteiger partial charge in [0.1, 0.15) is 5.69 Å². The molecule has 0 fully saturated rings. The Morgan fingerprint density at radius 2 is 2.10 bits per heavy atom. The Labute approximate surface area is 125 Å². The van der Waals surface area contributed by atoms with Crippen LogP contribution in [0, 0.1) is 17.2 Å². The van der Waals surface area contributed by atoms with Crippen LogP contribution in [0.25, 0.3) is 5.69 Å². The number of para-hydroxylation sites is 1. The molecule has 0 spiro atoms. The minimum Gasteiger partial charge on any atom is -0.358 e. The van der Waals surface area contributed by atoms with E-state index in [9.17, 15) is 9.59 Å². The number of amides is 1. The van der Waals surface area contributed by atoms with Gasteiger partial charge in [0.05, 0.1) is 16.8 Å². The second-order valence-electron chi connectivity index (χ2n) is 4.14. The van der Waals surface area contributed by atoms with Gasteiger partial charge in [-0.15, -0.1) is 0 Å². The van der Waals surface area contributed by atoms with Crippen molar-refractivity contribution in [1.29, 1.82) is 5.26 Å². The second kappa shape index (κ2) is 6.20. The number of ketones is 1. The van der Waals surface area contributed by atoms with Crippen LogP contribution in [0.2, 0.25) is 5.02 Å². The number of rotatable bonds is 4. The fourth-order valence-corrected chi connectivity index (χ4v) is 1.98. The van der Waals surface area contributed by atoms with Crippen LogP contribution in [0.1, 0.15) is 10.5 Å². The number of Topliss-reactive ketones (excluding diaryl/α,β-unsaturated/α-hetero) is 1. The molecular formula is C14H11ClN4O2. The Morgan fingerprint density at radius 1 is 1.38 bits per heavy atom. The molecule has 7 heteroatoms. The summed E-state index contributed by atoms with van der Waals surface area (Å²) in [5.74, 6) is -2.72. The Balaban J connectivity index is 2.32. The minimum atomic E-state index is -1.41. The van der Waals surface area contributed by atoms with Gasteiger partial charge in [0.25, 0.3) is 0 Å². The molecule has 2 aromatic rings. The third kappa shape index (κ3) is 2.93. The third-order valence-corrected chi connectivity index (χ3v) is 3.16. The van der Waals surface area contributed by atoms with Crippen LogP contribution in [0.3, 0.4) is 0 Å². The van der Waals surface area contributed by atoms with E-state index in [2.05, 4.69) is 10.4 Å². The lowest BCUT2D eigenvalue weighted by atomic mass is 10.0. The van der Waals surface area contributed by atoms with E-state index in [4.69, 9.17) is 16.9 Å². The first-order valence-corrected chi connectivity index (χ1v) is 6.42. The van der Waals surface area contributed by atoms with Gasteiger partial charge in [0.15, 0.2) is 5.92 Å². The number of hydrogen-bond donors (Lipinski definition) is 1. The molecule has 1 N–H and O–H groups in total. The Morgan fingerprint density at radius 3 is 2.71 bits per heavy atom. The van der Waals surface area contributed by atoms with Gasteiger partial charge in [0.2, 0.25) is 11.7 Å². The molecule has 2 rings (SSSR count). The van der Waals surface area contributed by atoms with Crippen molar-refractivity contribution in [2.45, 2.75) is 0 Å². The fourth-order valence-electron chi connectivity index (χ4n) is 1.76. The highest BCUT2D eigenvalue weighted by Gasteiger charge is 2.28. The van der Waals surface area contributed by atoms with E-state index in [0.29, 0.717) is 10.7 Å². The van der Waals surface area contributed by atoms with E-state index in [-0.39, 0.29) is 5.69 Å². The Bertz CT molecular complexity index is 733. The number of halogens is 1. The van der Waals surface area contributed by atoms with Crippen molar-refractivity contribution in [2.24, 2.45) is 5.92 Å². The SMILES string of the molecule is CNC(=O)[C@H](C#N)C(=O)c1ccn(-c2ccccc2Cl)n1. The largest absolute Gasteiger partial charge is 0.358 e. The summed E-state index contributed by atoms with van der Waals surface area (Å²) in [7, 11) is 1.36. The zero-order valence-electron chi connectivity index (χ0n) is 11.1. The predicted molar refractivity (Wildman–Crippen MR) is 76.1 cm³/mol. The van der Waals surface area contributed by atoms with E-state index >= 15 is 0 Å². The maximum absolute atomic E-state index is 12.1. The summed E-state index contributed by atoms with van der Waals surface area (Å²) in [5, 5.41) is 15.8. The van der Waals surface area contributed by atoms with E-state index in [1.54, 1.807) is 36.5 Å². The molecule has 1 heterocycles. The predicted octanol–water partition coefficient (Wildman–Crippen LogP) is 1.59. The van der Waals surface area contributed by atoms with Gasteiger partial charge < -0.3 is 5.32 Å². The monoisotopic (exact) mass is 302 g/mol. The van der Waals surface area contributed by atoms with E-state index in [0.717, 1.165) is 0 Å². The fraction of sp³-hybridized carbons (Fsp3) is 0.143. The maximum Gasteiger partial charge on any atom is 0.245 e. The standard InChI is InChI=1S/C14H11ClN4O2/c1-17-14(21)9(8-16)13(20)11-6-7-19(18-11)12-5-3-2-4-10(12)15/h2-7,9H,1H3,(H,17,21)/t9-/m1/s1. The van der Waals surface area contributed by atoms with Gasteiger partial charge in [-0.25, -0.2) is 4.68 Å². The molecule has 0 unspecified atom stereocenters. The molecule has 1 aromatic heterocycles. The second-order valence-corrected chi connectivity index (χ2v) is 4.54. The number of nitrogens with one attached hydrogen (secondary N) is 1. The molecule has 0 radical (unpaired) electrons. The highest BCUT2D eigenvalue weighted by molar-refractivity contribution is 6.32. The van der Waals surface area contributed by atoms with Crippen molar-refractivity contribution >= 4 is 23.3 Å². The third-order valence-electron chi connectivity index (χ3n) is 2.84. The van der Waals surface area contributed by atoms with Crippen LogP contribution >= 0.6 is 11.6 Å².